The van der Waals surface area contributed by atoms with Crippen LogP contribution in [0.15, 0.2) is 24.3 Å². The minimum atomic E-state index is 0.0524. The van der Waals surface area contributed by atoms with E-state index in [-0.39, 0.29) is 5.91 Å². The van der Waals surface area contributed by atoms with E-state index in [1.54, 1.807) is 0 Å². The van der Waals surface area contributed by atoms with Crippen molar-refractivity contribution < 1.29 is 14.7 Å². The molecule has 1 amide bonds. The van der Waals surface area contributed by atoms with Crippen LogP contribution in [-0.2, 0) is 9.59 Å². The highest BCUT2D eigenvalue weighted by atomic mass is 16.2. The van der Waals surface area contributed by atoms with E-state index < -0.39 is 0 Å². The molecular formula is C17H28N2O3. The Kier molecular flexibility index (Phi) is 12.9. The largest absolute Gasteiger partial charge is 0.400 e. The molecule has 5 nitrogen and oxygen atoms in total. The second kappa shape index (κ2) is 14.1. The Morgan fingerprint density at radius 2 is 1.64 bits per heavy atom. The standard InChI is InChI=1S/C16H24N2O2.CH4O/c1-2-17-14-9-11-15(12-10-14)18-16(20)8-6-4-3-5-7-13-19;1-2/h9-13,17H,2-8H2,1H3,(H,18,20);2H,1H3. The van der Waals surface area contributed by atoms with E-state index in [0.29, 0.717) is 12.8 Å². The molecule has 5 heteroatoms. The minimum absolute atomic E-state index is 0.0524. The summed E-state index contributed by atoms with van der Waals surface area (Å²) in [5.74, 6) is 0.0524. The van der Waals surface area contributed by atoms with Crippen LogP contribution in [0.5, 0.6) is 0 Å². The van der Waals surface area contributed by atoms with Crippen molar-refractivity contribution in [3.05, 3.63) is 24.3 Å². The van der Waals surface area contributed by atoms with Crippen LogP contribution in [0.2, 0.25) is 0 Å². The van der Waals surface area contributed by atoms with Crippen LogP contribution >= 0.6 is 0 Å². The number of hydrogen-bond donors (Lipinski definition) is 3. The van der Waals surface area contributed by atoms with Crippen molar-refractivity contribution in [3.63, 3.8) is 0 Å². The number of aliphatic hydroxyl groups is 1. The lowest BCUT2D eigenvalue weighted by Crippen LogP contribution is -2.11. The maximum atomic E-state index is 11.7. The third-order valence-electron chi connectivity index (χ3n) is 3.03. The summed E-state index contributed by atoms with van der Waals surface area (Å²) in [6.45, 7) is 2.93. The first kappa shape index (κ1) is 20.1. The Bertz CT molecular complexity index is 405. The molecule has 0 saturated carbocycles. The molecule has 0 aliphatic heterocycles. The highest BCUT2D eigenvalue weighted by Gasteiger charge is 2.02. The lowest BCUT2D eigenvalue weighted by Gasteiger charge is -2.07. The molecule has 0 saturated heterocycles. The third kappa shape index (κ3) is 9.94. The van der Waals surface area contributed by atoms with Crippen LogP contribution in [-0.4, -0.2) is 31.0 Å². The van der Waals surface area contributed by atoms with Crippen LogP contribution in [0, 0.1) is 0 Å². The Hall–Kier alpha value is -1.88. The number of hydrogen-bond acceptors (Lipinski definition) is 4. The lowest BCUT2D eigenvalue weighted by molar-refractivity contribution is -0.116. The van der Waals surface area contributed by atoms with Gasteiger partial charge in [-0.15, -0.1) is 0 Å². The summed E-state index contributed by atoms with van der Waals surface area (Å²) in [6, 6.07) is 7.72. The van der Waals surface area contributed by atoms with Crippen molar-refractivity contribution in [2.45, 2.75) is 45.4 Å². The second-order valence-corrected chi connectivity index (χ2v) is 4.78. The van der Waals surface area contributed by atoms with Crippen molar-refractivity contribution in [2.75, 3.05) is 24.3 Å². The van der Waals surface area contributed by atoms with Crippen molar-refractivity contribution in [2.24, 2.45) is 0 Å². The number of anilines is 2. The quantitative estimate of drug-likeness (QED) is 0.458. The first-order valence-electron chi connectivity index (χ1n) is 7.78. The normalized spacial score (nSPS) is 9.41. The highest BCUT2D eigenvalue weighted by Crippen LogP contribution is 2.14. The van der Waals surface area contributed by atoms with Gasteiger partial charge in [-0.05, 0) is 44.0 Å². The number of nitrogens with one attached hydrogen (secondary N) is 2. The van der Waals surface area contributed by atoms with Gasteiger partial charge in [-0.3, -0.25) is 4.79 Å². The van der Waals surface area contributed by atoms with E-state index in [1.807, 2.05) is 31.2 Å². The molecule has 0 aliphatic rings. The van der Waals surface area contributed by atoms with Crippen LogP contribution in [0.25, 0.3) is 0 Å². The molecule has 3 N–H and O–H groups in total. The fourth-order valence-corrected chi connectivity index (χ4v) is 1.97. The van der Waals surface area contributed by atoms with Gasteiger partial charge in [0.15, 0.2) is 0 Å². The summed E-state index contributed by atoms with van der Waals surface area (Å²) in [4.78, 5) is 21.9. The van der Waals surface area contributed by atoms with E-state index in [2.05, 4.69) is 10.6 Å². The first-order valence-corrected chi connectivity index (χ1v) is 7.78. The number of benzene rings is 1. The summed E-state index contributed by atoms with van der Waals surface area (Å²) >= 11 is 0. The summed E-state index contributed by atoms with van der Waals surface area (Å²) in [7, 11) is 1.00. The topological polar surface area (TPSA) is 78.4 Å². The van der Waals surface area contributed by atoms with Crippen molar-refractivity contribution in [1.29, 1.82) is 0 Å². The maximum Gasteiger partial charge on any atom is 0.224 e. The van der Waals surface area contributed by atoms with E-state index in [1.165, 1.54) is 0 Å². The molecule has 0 radical (unpaired) electrons. The van der Waals surface area contributed by atoms with Gasteiger partial charge in [-0.25, -0.2) is 0 Å². The molecule has 1 aromatic carbocycles. The van der Waals surface area contributed by atoms with Gasteiger partial charge in [0, 0.05) is 37.9 Å². The zero-order valence-electron chi connectivity index (χ0n) is 13.6. The minimum Gasteiger partial charge on any atom is -0.400 e. The summed E-state index contributed by atoms with van der Waals surface area (Å²) in [5, 5.41) is 13.1. The zero-order chi connectivity index (χ0) is 16.6. The number of carbonyl (C=O) groups excluding carboxylic acids is 2. The Balaban J connectivity index is 0.00000211. The summed E-state index contributed by atoms with van der Waals surface area (Å²) in [6.07, 6.45) is 5.94. The van der Waals surface area contributed by atoms with Gasteiger partial charge >= 0.3 is 0 Å². The van der Waals surface area contributed by atoms with Crippen LogP contribution in [0.4, 0.5) is 11.4 Å². The molecule has 1 rings (SSSR count). The van der Waals surface area contributed by atoms with Crippen LogP contribution in [0.1, 0.15) is 45.4 Å². The Morgan fingerprint density at radius 3 is 2.23 bits per heavy atom. The van der Waals surface area contributed by atoms with Crippen molar-refractivity contribution in [3.8, 4) is 0 Å². The summed E-state index contributed by atoms with van der Waals surface area (Å²) < 4.78 is 0. The fourth-order valence-electron chi connectivity index (χ4n) is 1.97. The van der Waals surface area contributed by atoms with Crippen molar-refractivity contribution >= 4 is 23.6 Å². The predicted molar refractivity (Wildman–Crippen MR) is 91.1 cm³/mol. The zero-order valence-corrected chi connectivity index (χ0v) is 13.6. The van der Waals surface area contributed by atoms with Gasteiger partial charge in [0.2, 0.25) is 5.91 Å². The molecule has 0 spiro atoms. The first-order chi connectivity index (χ1) is 10.8. The van der Waals surface area contributed by atoms with E-state index in [0.717, 1.165) is 57.0 Å². The Labute approximate surface area is 133 Å². The predicted octanol–water partition coefficient (Wildman–Crippen LogP) is 3.20. The monoisotopic (exact) mass is 308 g/mol. The average molecular weight is 308 g/mol. The molecular weight excluding hydrogens is 280 g/mol. The Morgan fingerprint density at radius 1 is 1.05 bits per heavy atom. The van der Waals surface area contributed by atoms with Gasteiger partial charge < -0.3 is 20.5 Å². The van der Waals surface area contributed by atoms with Crippen LogP contribution in [0.3, 0.4) is 0 Å². The lowest BCUT2D eigenvalue weighted by atomic mass is 10.1. The van der Waals surface area contributed by atoms with Gasteiger partial charge in [-0.2, -0.15) is 0 Å². The van der Waals surface area contributed by atoms with Gasteiger partial charge in [0.05, 0.1) is 0 Å². The highest BCUT2D eigenvalue weighted by molar-refractivity contribution is 5.90. The van der Waals surface area contributed by atoms with Crippen LogP contribution < -0.4 is 10.6 Å². The average Bonchev–Trinajstić information content (AvgIpc) is 2.55. The van der Waals surface area contributed by atoms with Gasteiger partial charge in [-0.1, -0.05) is 12.8 Å². The molecule has 22 heavy (non-hydrogen) atoms. The van der Waals surface area contributed by atoms with Crippen molar-refractivity contribution in [1.82, 2.24) is 0 Å². The molecule has 124 valence electrons. The molecule has 0 heterocycles. The SMILES string of the molecule is CCNc1ccc(NC(=O)CCCCCCC=O)cc1.CO. The molecule has 0 atom stereocenters. The molecule has 1 aromatic rings. The van der Waals surface area contributed by atoms with Gasteiger partial charge in [0.1, 0.15) is 6.29 Å². The second-order valence-electron chi connectivity index (χ2n) is 4.78. The molecule has 0 fully saturated rings. The fraction of sp³-hybridized carbons (Fsp3) is 0.529. The van der Waals surface area contributed by atoms with Gasteiger partial charge in [0.25, 0.3) is 0 Å². The molecule has 0 bridgehead atoms. The number of unbranched alkanes of at least 4 members (excludes halogenated alkanes) is 4. The number of carbonyl (C=O) groups is 2. The third-order valence-corrected chi connectivity index (χ3v) is 3.03. The number of aldehydes is 1. The molecule has 0 aliphatic carbocycles. The van der Waals surface area contributed by atoms with E-state index in [4.69, 9.17) is 5.11 Å². The number of amides is 1. The molecule has 0 aromatic heterocycles. The molecule has 0 unspecified atom stereocenters. The van der Waals surface area contributed by atoms with E-state index >= 15 is 0 Å². The van der Waals surface area contributed by atoms with E-state index in [9.17, 15) is 9.59 Å². The summed E-state index contributed by atoms with van der Waals surface area (Å²) in [5.41, 5.74) is 1.89. The maximum absolute atomic E-state index is 11.7. The number of aliphatic hydroxyl groups excluding tert-OH is 1. The number of rotatable bonds is 10. The smallest absolute Gasteiger partial charge is 0.224 e.